The molecule has 0 spiro atoms. The van der Waals surface area contributed by atoms with Crippen LogP contribution in [-0.2, 0) is 11.2 Å². The van der Waals surface area contributed by atoms with Crippen LogP contribution in [-0.4, -0.2) is 19.6 Å². The van der Waals surface area contributed by atoms with E-state index < -0.39 is 0 Å². The third kappa shape index (κ3) is 2.62. The van der Waals surface area contributed by atoms with Gasteiger partial charge in [0.25, 0.3) is 0 Å². The monoisotopic (exact) mass is 243 g/mol. The molecule has 18 heavy (non-hydrogen) atoms. The first-order valence-corrected chi connectivity index (χ1v) is 6.00. The van der Waals surface area contributed by atoms with Crippen LogP contribution in [0.25, 0.3) is 10.8 Å². The molecule has 0 unspecified atom stereocenters. The van der Waals surface area contributed by atoms with Crippen LogP contribution >= 0.6 is 0 Å². The molecule has 2 aromatic carbocycles. The largest absolute Gasteiger partial charge is 0.497 e. The number of nitrogens with one attached hydrogen (secondary N) is 1. The molecule has 0 bridgehead atoms. The average molecular weight is 243 g/mol. The zero-order chi connectivity index (χ0) is 13.0. The summed E-state index contributed by atoms with van der Waals surface area (Å²) in [6, 6.07) is 12.1. The minimum Gasteiger partial charge on any atom is -0.497 e. The fourth-order valence-electron chi connectivity index (χ4n) is 2.00. The predicted molar refractivity (Wildman–Crippen MR) is 73.6 cm³/mol. The quantitative estimate of drug-likeness (QED) is 0.660. The second-order valence-corrected chi connectivity index (χ2v) is 4.04. The summed E-state index contributed by atoms with van der Waals surface area (Å²) in [4.78, 5) is 0. The molecule has 3 nitrogen and oxygen atoms in total. The summed E-state index contributed by atoms with van der Waals surface area (Å²) < 4.78 is 10.4. The molecule has 0 aromatic heterocycles. The Balaban J connectivity index is 2.40. The van der Waals surface area contributed by atoms with Gasteiger partial charge in [0.2, 0.25) is 0 Å². The number of rotatable bonds is 4. The van der Waals surface area contributed by atoms with Gasteiger partial charge in [0.05, 0.1) is 13.7 Å². The van der Waals surface area contributed by atoms with Crippen molar-refractivity contribution in [2.45, 2.75) is 13.3 Å². The molecule has 2 aromatic rings. The summed E-state index contributed by atoms with van der Waals surface area (Å²) in [6.45, 7) is 2.42. The van der Waals surface area contributed by atoms with Crippen LogP contribution in [0.1, 0.15) is 12.5 Å². The maximum absolute atomic E-state index is 7.75. The second kappa shape index (κ2) is 5.54. The summed E-state index contributed by atoms with van der Waals surface area (Å²) in [7, 11) is 1.66. The van der Waals surface area contributed by atoms with Crippen molar-refractivity contribution < 1.29 is 9.47 Å². The third-order valence-electron chi connectivity index (χ3n) is 2.85. The Morgan fingerprint density at radius 2 is 2.06 bits per heavy atom. The molecule has 0 atom stereocenters. The van der Waals surface area contributed by atoms with Gasteiger partial charge < -0.3 is 9.47 Å². The Kier molecular flexibility index (Phi) is 3.82. The highest BCUT2D eigenvalue weighted by Crippen LogP contribution is 2.24. The van der Waals surface area contributed by atoms with E-state index in [1.165, 1.54) is 0 Å². The number of ether oxygens (including phenoxy) is 2. The van der Waals surface area contributed by atoms with E-state index in [9.17, 15) is 0 Å². The number of fused-ring (bicyclic) bond motifs is 1. The van der Waals surface area contributed by atoms with Crippen molar-refractivity contribution in [2.24, 2.45) is 0 Å². The molecule has 0 radical (unpaired) electrons. The lowest BCUT2D eigenvalue weighted by atomic mass is 10.0. The minimum absolute atomic E-state index is 0.299. The van der Waals surface area contributed by atoms with Gasteiger partial charge in [-0.25, -0.2) is 0 Å². The SMILES string of the molecule is CCOC(=N)Cc1cccc2ccc(OC)cc12. The average Bonchev–Trinajstić information content (AvgIpc) is 2.39. The number of methoxy groups -OCH3 is 1. The summed E-state index contributed by atoms with van der Waals surface area (Å²) >= 11 is 0. The first kappa shape index (κ1) is 12.4. The first-order chi connectivity index (χ1) is 8.74. The molecule has 0 aliphatic carbocycles. The van der Waals surface area contributed by atoms with Crippen LogP contribution in [0.15, 0.2) is 36.4 Å². The lowest BCUT2D eigenvalue weighted by molar-refractivity contribution is 0.317. The maximum atomic E-state index is 7.75. The standard InChI is InChI=1S/C15H17NO2/c1-3-18-15(16)9-12-6-4-5-11-7-8-13(17-2)10-14(11)12/h4-8,10,16H,3,9H2,1-2H3. The summed E-state index contributed by atoms with van der Waals surface area (Å²) in [6.07, 6.45) is 0.512. The lowest BCUT2D eigenvalue weighted by Gasteiger charge is -2.09. The highest BCUT2D eigenvalue weighted by molar-refractivity contribution is 5.90. The fraction of sp³-hybridized carbons (Fsp3) is 0.267. The molecular formula is C15H17NO2. The van der Waals surface area contributed by atoms with E-state index in [0.29, 0.717) is 18.9 Å². The van der Waals surface area contributed by atoms with Crippen molar-refractivity contribution in [3.63, 3.8) is 0 Å². The lowest BCUT2D eigenvalue weighted by Crippen LogP contribution is -2.06. The Hall–Kier alpha value is -2.03. The van der Waals surface area contributed by atoms with E-state index in [-0.39, 0.29) is 0 Å². The van der Waals surface area contributed by atoms with Gasteiger partial charge in [0, 0.05) is 6.42 Å². The molecule has 0 aliphatic heterocycles. The van der Waals surface area contributed by atoms with E-state index in [2.05, 4.69) is 6.07 Å². The molecule has 94 valence electrons. The molecule has 0 fully saturated rings. The first-order valence-electron chi connectivity index (χ1n) is 6.00. The van der Waals surface area contributed by atoms with Gasteiger partial charge in [0.15, 0.2) is 5.90 Å². The Labute approximate surface area is 107 Å². The van der Waals surface area contributed by atoms with E-state index in [1.54, 1.807) is 7.11 Å². The summed E-state index contributed by atoms with van der Waals surface area (Å²) in [5.41, 5.74) is 1.09. The van der Waals surface area contributed by atoms with Crippen molar-refractivity contribution in [1.82, 2.24) is 0 Å². The van der Waals surface area contributed by atoms with Crippen LogP contribution in [0, 0.1) is 5.41 Å². The van der Waals surface area contributed by atoms with Gasteiger partial charge >= 0.3 is 0 Å². The molecular weight excluding hydrogens is 226 g/mol. The highest BCUT2D eigenvalue weighted by Gasteiger charge is 2.06. The summed E-state index contributed by atoms with van der Waals surface area (Å²) in [5.74, 6) is 1.13. The van der Waals surface area contributed by atoms with Crippen LogP contribution in [0.3, 0.4) is 0 Å². The maximum Gasteiger partial charge on any atom is 0.184 e. The van der Waals surface area contributed by atoms with Crippen LogP contribution < -0.4 is 4.74 Å². The molecule has 0 heterocycles. The topological polar surface area (TPSA) is 42.3 Å². The Bertz CT molecular complexity index is 563. The van der Waals surface area contributed by atoms with Gasteiger partial charge in [0.1, 0.15) is 5.75 Å². The van der Waals surface area contributed by atoms with Crippen LogP contribution in [0.4, 0.5) is 0 Å². The molecule has 3 heteroatoms. The number of hydrogen-bond acceptors (Lipinski definition) is 3. The zero-order valence-corrected chi connectivity index (χ0v) is 10.7. The van der Waals surface area contributed by atoms with Crippen molar-refractivity contribution >= 4 is 16.7 Å². The predicted octanol–water partition coefficient (Wildman–Crippen LogP) is 3.40. The molecule has 0 aliphatic rings. The third-order valence-corrected chi connectivity index (χ3v) is 2.85. The molecule has 0 saturated carbocycles. The second-order valence-electron chi connectivity index (χ2n) is 4.04. The van der Waals surface area contributed by atoms with E-state index in [4.69, 9.17) is 14.9 Å². The van der Waals surface area contributed by atoms with Crippen molar-refractivity contribution in [2.75, 3.05) is 13.7 Å². The minimum atomic E-state index is 0.299. The summed E-state index contributed by atoms with van der Waals surface area (Å²) in [5, 5.41) is 10.0. The Morgan fingerprint density at radius 3 is 2.78 bits per heavy atom. The normalized spacial score (nSPS) is 10.3. The van der Waals surface area contributed by atoms with Crippen LogP contribution in [0.5, 0.6) is 5.75 Å². The number of hydrogen-bond donors (Lipinski definition) is 1. The van der Waals surface area contributed by atoms with Gasteiger partial charge in [-0.3, -0.25) is 5.41 Å². The van der Waals surface area contributed by atoms with E-state index >= 15 is 0 Å². The molecule has 0 amide bonds. The van der Waals surface area contributed by atoms with Gasteiger partial charge in [-0.05, 0) is 35.4 Å². The van der Waals surface area contributed by atoms with Crippen molar-refractivity contribution in [3.05, 3.63) is 42.0 Å². The van der Waals surface area contributed by atoms with Gasteiger partial charge in [-0.15, -0.1) is 0 Å². The Morgan fingerprint density at radius 1 is 1.22 bits per heavy atom. The highest BCUT2D eigenvalue weighted by atomic mass is 16.5. The van der Waals surface area contributed by atoms with E-state index in [0.717, 1.165) is 22.1 Å². The number of benzene rings is 2. The zero-order valence-electron chi connectivity index (χ0n) is 10.7. The van der Waals surface area contributed by atoms with Gasteiger partial charge in [-0.2, -0.15) is 0 Å². The fourth-order valence-corrected chi connectivity index (χ4v) is 2.00. The molecule has 2 rings (SSSR count). The van der Waals surface area contributed by atoms with E-state index in [1.807, 2.05) is 37.3 Å². The van der Waals surface area contributed by atoms with Crippen molar-refractivity contribution in [1.29, 1.82) is 5.41 Å². The molecule has 1 N–H and O–H groups in total. The smallest absolute Gasteiger partial charge is 0.184 e. The van der Waals surface area contributed by atoms with Gasteiger partial charge in [-0.1, -0.05) is 24.3 Å². The van der Waals surface area contributed by atoms with Crippen molar-refractivity contribution in [3.8, 4) is 5.75 Å². The molecule has 0 saturated heterocycles. The van der Waals surface area contributed by atoms with Crippen LogP contribution in [0.2, 0.25) is 0 Å².